The summed E-state index contributed by atoms with van der Waals surface area (Å²) < 4.78 is 0. The largest absolute Gasteiger partial charge is 0.356 e. The number of hydrogen-bond acceptors (Lipinski definition) is 3. The number of fused-ring (bicyclic) bond motifs is 2. The van der Waals surface area contributed by atoms with Crippen LogP contribution >= 0.6 is 0 Å². The van der Waals surface area contributed by atoms with Crippen LogP contribution < -0.4 is 10.6 Å². The van der Waals surface area contributed by atoms with Gasteiger partial charge in [-0.25, -0.2) is 0 Å². The first-order chi connectivity index (χ1) is 12.3. The smallest absolute Gasteiger partial charge is 0.234 e. The standard InChI is InChI=1S/C22H39N3O2/c1-20(2,3)24-17(26)13-25-15-8-9-16(25)11-14(10-15)12-23-19(27)18-21(4,5)22(18,6)7/h14-16,18H,8-13H2,1-7H3,(H,23,27)(H,24,26)/t14?,15-,16+. The maximum Gasteiger partial charge on any atom is 0.234 e. The summed E-state index contributed by atoms with van der Waals surface area (Å²) in [5.74, 6) is 1.02. The van der Waals surface area contributed by atoms with Crippen LogP contribution in [0, 0.1) is 22.7 Å². The third kappa shape index (κ3) is 4.03. The molecular weight excluding hydrogens is 338 g/mol. The second-order valence-electron chi connectivity index (χ2n) is 11.3. The summed E-state index contributed by atoms with van der Waals surface area (Å²) in [5, 5.41) is 6.33. The summed E-state index contributed by atoms with van der Waals surface area (Å²) in [4.78, 5) is 27.4. The van der Waals surface area contributed by atoms with Crippen LogP contribution in [0.15, 0.2) is 0 Å². The van der Waals surface area contributed by atoms with E-state index in [1.165, 1.54) is 12.8 Å². The molecule has 3 rings (SSSR count). The maximum atomic E-state index is 12.6. The average Bonchev–Trinajstić information content (AvgIpc) is 2.81. The highest BCUT2D eigenvalue weighted by Crippen LogP contribution is 2.68. The third-order valence-electron chi connectivity index (χ3n) is 7.67. The summed E-state index contributed by atoms with van der Waals surface area (Å²) in [5.41, 5.74) is 0.0167. The van der Waals surface area contributed by atoms with Gasteiger partial charge in [-0.2, -0.15) is 0 Å². The summed E-state index contributed by atoms with van der Waals surface area (Å²) in [6.07, 6.45) is 4.55. The Labute approximate surface area is 165 Å². The van der Waals surface area contributed by atoms with Crippen LogP contribution in [0.4, 0.5) is 0 Å². The van der Waals surface area contributed by atoms with Crippen LogP contribution in [0.25, 0.3) is 0 Å². The van der Waals surface area contributed by atoms with Crippen LogP contribution in [0.1, 0.15) is 74.1 Å². The average molecular weight is 378 g/mol. The van der Waals surface area contributed by atoms with E-state index in [4.69, 9.17) is 0 Å². The van der Waals surface area contributed by atoms with Gasteiger partial charge in [0.05, 0.1) is 6.54 Å². The third-order valence-corrected chi connectivity index (χ3v) is 7.67. The van der Waals surface area contributed by atoms with E-state index in [1.807, 2.05) is 20.8 Å². The second kappa shape index (κ2) is 6.75. The van der Waals surface area contributed by atoms with Crippen LogP contribution in [0.2, 0.25) is 0 Å². The van der Waals surface area contributed by atoms with Crippen molar-refractivity contribution >= 4 is 11.8 Å². The molecule has 2 aliphatic heterocycles. The molecule has 2 heterocycles. The molecule has 1 aliphatic carbocycles. The molecule has 154 valence electrons. The SMILES string of the molecule is CC(C)(C)NC(=O)CN1[C@@H]2CC[C@H]1CC(CNC(=O)C1C(C)(C)C1(C)C)C2. The molecule has 2 N–H and O–H groups in total. The van der Waals surface area contributed by atoms with Crippen molar-refractivity contribution in [2.24, 2.45) is 22.7 Å². The van der Waals surface area contributed by atoms with Gasteiger partial charge in [0.15, 0.2) is 0 Å². The number of rotatable bonds is 5. The Balaban J connectivity index is 1.48. The molecule has 1 unspecified atom stereocenters. The first-order valence-corrected chi connectivity index (χ1v) is 10.7. The van der Waals surface area contributed by atoms with Gasteiger partial charge in [-0.3, -0.25) is 14.5 Å². The van der Waals surface area contributed by atoms with E-state index < -0.39 is 0 Å². The molecule has 5 heteroatoms. The molecule has 2 amide bonds. The first kappa shape index (κ1) is 20.6. The molecule has 1 saturated carbocycles. The fourth-order valence-corrected chi connectivity index (χ4v) is 5.63. The number of nitrogens with one attached hydrogen (secondary N) is 2. The first-order valence-electron chi connectivity index (χ1n) is 10.7. The van der Waals surface area contributed by atoms with Gasteiger partial charge >= 0.3 is 0 Å². The van der Waals surface area contributed by atoms with E-state index in [1.54, 1.807) is 0 Å². The molecular formula is C22H39N3O2. The lowest BCUT2D eigenvalue weighted by atomic mass is 9.90. The van der Waals surface area contributed by atoms with Crippen LogP contribution in [-0.4, -0.2) is 47.4 Å². The normalized spacial score (nSPS) is 32.2. The Hall–Kier alpha value is -1.10. The molecule has 5 nitrogen and oxygen atoms in total. The number of piperidine rings is 1. The van der Waals surface area contributed by atoms with Crippen molar-refractivity contribution in [3.63, 3.8) is 0 Å². The minimum absolute atomic E-state index is 0.0971. The molecule has 0 radical (unpaired) electrons. The molecule has 3 fully saturated rings. The molecule has 2 bridgehead atoms. The quantitative estimate of drug-likeness (QED) is 0.774. The minimum atomic E-state index is -0.177. The molecule has 0 aromatic carbocycles. The topological polar surface area (TPSA) is 61.4 Å². The highest BCUT2D eigenvalue weighted by molar-refractivity contribution is 5.84. The predicted molar refractivity (Wildman–Crippen MR) is 108 cm³/mol. The molecule has 0 spiro atoms. The second-order valence-corrected chi connectivity index (χ2v) is 11.3. The molecule has 27 heavy (non-hydrogen) atoms. The number of carbonyl (C=O) groups is 2. The summed E-state index contributed by atoms with van der Waals surface area (Å²) in [6, 6.07) is 0.982. The summed E-state index contributed by atoms with van der Waals surface area (Å²) >= 11 is 0. The van der Waals surface area contributed by atoms with Crippen molar-refractivity contribution in [3.05, 3.63) is 0 Å². The van der Waals surface area contributed by atoms with Crippen LogP contribution in [0.3, 0.4) is 0 Å². The number of hydrogen-bond donors (Lipinski definition) is 2. The zero-order valence-electron chi connectivity index (χ0n) is 18.3. The van der Waals surface area contributed by atoms with E-state index in [2.05, 4.69) is 43.2 Å². The van der Waals surface area contributed by atoms with Gasteiger partial charge < -0.3 is 10.6 Å². The maximum absolute atomic E-state index is 12.6. The highest BCUT2D eigenvalue weighted by atomic mass is 16.2. The van der Waals surface area contributed by atoms with Gasteiger partial charge in [-0.05, 0) is 63.2 Å². The number of carbonyl (C=O) groups excluding carboxylic acids is 2. The van der Waals surface area contributed by atoms with Gasteiger partial charge in [0.25, 0.3) is 0 Å². The Morgan fingerprint density at radius 2 is 1.52 bits per heavy atom. The highest BCUT2D eigenvalue weighted by Gasteiger charge is 2.68. The van der Waals surface area contributed by atoms with Gasteiger partial charge in [0.2, 0.25) is 11.8 Å². The van der Waals surface area contributed by atoms with E-state index in [-0.39, 0.29) is 34.1 Å². The van der Waals surface area contributed by atoms with Crippen molar-refractivity contribution < 1.29 is 9.59 Å². The minimum Gasteiger partial charge on any atom is -0.356 e. The monoisotopic (exact) mass is 377 g/mol. The lowest BCUT2D eigenvalue weighted by Gasteiger charge is -2.39. The molecule has 0 aromatic heterocycles. The number of amides is 2. The van der Waals surface area contributed by atoms with Crippen LogP contribution in [-0.2, 0) is 9.59 Å². The van der Waals surface area contributed by atoms with E-state index in [0.29, 0.717) is 24.5 Å². The van der Waals surface area contributed by atoms with Crippen LogP contribution in [0.5, 0.6) is 0 Å². The van der Waals surface area contributed by atoms with E-state index in [9.17, 15) is 9.59 Å². The summed E-state index contributed by atoms with van der Waals surface area (Å²) in [7, 11) is 0. The lowest BCUT2D eigenvalue weighted by Crippen LogP contribution is -2.52. The van der Waals surface area contributed by atoms with Crippen molar-refractivity contribution in [1.29, 1.82) is 0 Å². The Bertz CT molecular complexity index is 577. The number of nitrogens with zero attached hydrogens (tertiary/aromatic N) is 1. The van der Waals surface area contributed by atoms with Gasteiger partial charge in [-0.1, -0.05) is 27.7 Å². The van der Waals surface area contributed by atoms with Gasteiger partial charge in [0, 0.05) is 30.1 Å². The molecule has 0 aromatic rings. The Morgan fingerprint density at radius 1 is 1.00 bits per heavy atom. The zero-order valence-corrected chi connectivity index (χ0v) is 18.3. The molecule has 2 saturated heterocycles. The van der Waals surface area contributed by atoms with Gasteiger partial charge in [0.1, 0.15) is 0 Å². The van der Waals surface area contributed by atoms with Crippen molar-refractivity contribution in [1.82, 2.24) is 15.5 Å². The van der Waals surface area contributed by atoms with Crippen molar-refractivity contribution in [2.45, 2.75) is 91.8 Å². The fourth-order valence-electron chi connectivity index (χ4n) is 5.63. The Kier molecular flexibility index (Phi) is 5.16. The predicted octanol–water partition coefficient (Wildman–Crippen LogP) is 2.94. The van der Waals surface area contributed by atoms with Crippen molar-refractivity contribution in [3.8, 4) is 0 Å². The Morgan fingerprint density at radius 3 is 1.96 bits per heavy atom. The molecule has 3 aliphatic rings. The zero-order chi connectivity index (χ0) is 20.2. The summed E-state index contributed by atoms with van der Waals surface area (Å²) in [6.45, 7) is 16.1. The lowest BCUT2D eigenvalue weighted by molar-refractivity contribution is -0.125. The van der Waals surface area contributed by atoms with Crippen molar-refractivity contribution in [2.75, 3.05) is 13.1 Å². The molecule has 3 atom stereocenters. The fraction of sp³-hybridized carbons (Fsp3) is 0.909. The van der Waals surface area contributed by atoms with E-state index >= 15 is 0 Å². The van der Waals surface area contributed by atoms with E-state index in [0.717, 1.165) is 19.4 Å². The van der Waals surface area contributed by atoms with Gasteiger partial charge in [-0.15, -0.1) is 0 Å².